The average molecular weight is 477 g/mol. The molecule has 0 bridgehead atoms. The Kier molecular flexibility index (Phi) is 6.34. The lowest BCUT2D eigenvalue weighted by Gasteiger charge is -2.23. The van der Waals surface area contributed by atoms with Gasteiger partial charge in [-0.15, -0.1) is 0 Å². The minimum atomic E-state index is -0.773. The summed E-state index contributed by atoms with van der Waals surface area (Å²) < 4.78 is 11.2. The number of hydrogen-bond donors (Lipinski definition) is 1. The third kappa shape index (κ3) is 4.01. The van der Waals surface area contributed by atoms with Gasteiger partial charge < -0.3 is 15.2 Å². The number of nitrogens with two attached hydrogens (primary N) is 1. The Labute approximate surface area is 200 Å². The zero-order valence-electron chi connectivity index (χ0n) is 19.2. The maximum absolute atomic E-state index is 13.8. The normalized spacial score (nSPS) is 15.8. The van der Waals surface area contributed by atoms with Gasteiger partial charge in [-0.3, -0.25) is 9.36 Å². The van der Waals surface area contributed by atoms with Crippen molar-refractivity contribution in [3.8, 4) is 0 Å². The van der Waals surface area contributed by atoms with Crippen LogP contribution in [0.2, 0.25) is 0 Å². The molecule has 0 amide bonds. The summed E-state index contributed by atoms with van der Waals surface area (Å²) in [5.41, 5.74) is 9.97. The van der Waals surface area contributed by atoms with E-state index in [2.05, 4.69) is 0 Å². The highest BCUT2D eigenvalue weighted by molar-refractivity contribution is 8.10. The summed E-state index contributed by atoms with van der Waals surface area (Å²) in [7, 11) is 2.49. The van der Waals surface area contributed by atoms with Gasteiger partial charge in [0.1, 0.15) is 10.2 Å². The van der Waals surface area contributed by atoms with Crippen LogP contribution < -0.4 is 16.3 Å². The van der Waals surface area contributed by atoms with E-state index in [0.717, 1.165) is 28.5 Å². The molecule has 1 aromatic heterocycles. The molecule has 0 aliphatic carbocycles. The Hall–Kier alpha value is -3.78. The lowest BCUT2D eigenvalue weighted by Crippen LogP contribution is -2.42. The summed E-state index contributed by atoms with van der Waals surface area (Å²) in [4.78, 5) is 39.6. The fourth-order valence-electron chi connectivity index (χ4n) is 3.86. The molecule has 2 heterocycles. The number of anilines is 1. The summed E-state index contributed by atoms with van der Waals surface area (Å²) in [5, 5.41) is -0.166. The molecule has 1 aliphatic heterocycles. The maximum Gasteiger partial charge on any atom is 0.357 e. The molecule has 2 N–H and O–H groups in total. The van der Waals surface area contributed by atoms with E-state index in [9.17, 15) is 14.4 Å². The Bertz CT molecular complexity index is 1420. The molecule has 0 radical (unpaired) electrons. The van der Waals surface area contributed by atoms with Crippen LogP contribution >= 0.6 is 11.8 Å². The number of methoxy groups -OCH3 is 2. The van der Waals surface area contributed by atoms with Crippen molar-refractivity contribution in [1.29, 1.82) is 0 Å². The van der Waals surface area contributed by atoms with Crippen LogP contribution in [0.15, 0.2) is 48.5 Å². The number of carbonyl (C=O) groups is 3. The first-order valence-electron chi connectivity index (χ1n) is 10.5. The minimum Gasteiger partial charge on any atom is -0.465 e. The van der Waals surface area contributed by atoms with Crippen molar-refractivity contribution >= 4 is 46.3 Å². The van der Waals surface area contributed by atoms with Gasteiger partial charge in [0.15, 0.2) is 5.69 Å². The van der Waals surface area contributed by atoms with Crippen LogP contribution in [0, 0.1) is 13.8 Å². The predicted octanol–water partition coefficient (Wildman–Crippen LogP) is 2.71. The standard InChI is InChI=1S/C26H24N2O5S/c1-14-5-9-16(10-6-14)13-18-19(27)21(25(30)32-3)28-20(18)23(26(31)33-4)34-22(24(28)29)17-11-7-15(2)8-12-17/h5-13,22H,27H2,1-4H3/b18-13+/t22-/m1/s1. The molecule has 174 valence electrons. The highest BCUT2D eigenvalue weighted by atomic mass is 32.2. The van der Waals surface area contributed by atoms with Crippen molar-refractivity contribution in [2.24, 2.45) is 0 Å². The van der Waals surface area contributed by atoms with Crippen molar-refractivity contribution in [3.63, 3.8) is 0 Å². The fourth-order valence-corrected chi connectivity index (χ4v) is 5.08. The van der Waals surface area contributed by atoms with Gasteiger partial charge in [0, 0.05) is 5.22 Å². The number of thioether (sulfide) groups is 1. The third-order valence-corrected chi connectivity index (χ3v) is 6.97. The summed E-state index contributed by atoms with van der Waals surface area (Å²) in [6.45, 7) is 3.91. The second-order valence-electron chi connectivity index (χ2n) is 7.97. The van der Waals surface area contributed by atoms with Gasteiger partial charge in [0.25, 0.3) is 0 Å². The smallest absolute Gasteiger partial charge is 0.357 e. The van der Waals surface area contributed by atoms with Gasteiger partial charge in [0.05, 0.1) is 25.3 Å². The van der Waals surface area contributed by atoms with E-state index in [-0.39, 0.29) is 21.6 Å². The van der Waals surface area contributed by atoms with Crippen molar-refractivity contribution in [2.45, 2.75) is 19.1 Å². The van der Waals surface area contributed by atoms with E-state index in [0.29, 0.717) is 10.8 Å². The number of fused-ring (bicyclic) bond motifs is 1. The molecule has 8 heteroatoms. The van der Waals surface area contributed by atoms with Gasteiger partial charge in [-0.1, -0.05) is 71.4 Å². The van der Waals surface area contributed by atoms with Gasteiger partial charge >= 0.3 is 11.9 Å². The molecule has 0 fully saturated rings. The number of rotatable bonds is 4. The highest BCUT2D eigenvalue weighted by Crippen LogP contribution is 2.39. The van der Waals surface area contributed by atoms with Crippen LogP contribution in [0.4, 0.5) is 5.69 Å². The molecule has 0 unspecified atom stereocenters. The molecule has 3 aromatic rings. The molecule has 1 aliphatic rings. The molecule has 4 rings (SSSR count). The molecular weight excluding hydrogens is 452 g/mol. The molecule has 34 heavy (non-hydrogen) atoms. The summed E-state index contributed by atoms with van der Waals surface area (Å²) in [6, 6.07) is 15.1. The average Bonchev–Trinajstić information content (AvgIpc) is 3.13. The zero-order valence-corrected chi connectivity index (χ0v) is 20.1. The Morgan fingerprint density at radius 3 is 2.06 bits per heavy atom. The summed E-state index contributed by atoms with van der Waals surface area (Å²) in [6.07, 6.45) is 1.75. The van der Waals surface area contributed by atoms with Gasteiger partial charge in [-0.2, -0.15) is 0 Å². The number of esters is 2. The molecule has 1 atom stereocenters. The van der Waals surface area contributed by atoms with E-state index >= 15 is 0 Å². The van der Waals surface area contributed by atoms with Crippen LogP contribution in [0.25, 0.3) is 11.0 Å². The van der Waals surface area contributed by atoms with E-state index in [1.165, 1.54) is 18.8 Å². The Morgan fingerprint density at radius 2 is 1.50 bits per heavy atom. The first-order valence-corrected chi connectivity index (χ1v) is 11.4. The quantitative estimate of drug-likeness (QED) is 0.578. The second-order valence-corrected chi connectivity index (χ2v) is 9.09. The van der Waals surface area contributed by atoms with Crippen LogP contribution in [0.3, 0.4) is 0 Å². The highest BCUT2D eigenvalue weighted by Gasteiger charge is 2.38. The van der Waals surface area contributed by atoms with Crippen LogP contribution in [-0.2, 0) is 14.3 Å². The van der Waals surface area contributed by atoms with Crippen LogP contribution in [-0.4, -0.2) is 36.6 Å². The topological polar surface area (TPSA) is 101 Å². The number of aromatic nitrogens is 1. The zero-order chi connectivity index (χ0) is 24.6. The SMILES string of the molecule is COC(=O)C1=c2/c(=C/c3ccc(C)cc3)c(N)c(C(=O)OC)n2C(=O)[C@@H](c2ccc(C)cc2)S1. The van der Waals surface area contributed by atoms with Crippen molar-refractivity contribution < 1.29 is 23.9 Å². The van der Waals surface area contributed by atoms with Crippen molar-refractivity contribution in [3.05, 3.63) is 87.0 Å². The number of carbonyl (C=O) groups excluding carboxylic acids is 3. The molecule has 0 saturated carbocycles. The van der Waals surface area contributed by atoms with E-state index in [1.54, 1.807) is 6.08 Å². The molecule has 0 spiro atoms. The first-order chi connectivity index (χ1) is 16.3. The molecule has 7 nitrogen and oxygen atoms in total. The summed E-state index contributed by atoms with van der Waals surface area (Å²) in [5.74, 6) is -1.79. The van der Waals surface area contributed by atoms with Gasteiger partial charge in [-0.05, 0) is 31.1 Å². The number of hydrogen-bond acceptors (Lipinski definition) is 7. The maximum atomic E-state index is 13.8. The number of ether oxygens (including phenoxy) is 2. The largest absolute Gasteiger partial charge is 0.465 e. The van der Waals surface area contributed by atoms with Crippen molar-refractivity contribution in [1.82, 2.24) is 4.57 Å². The molecule has 0 saturated heterocycles. The number of nitrogens with zero attached hydrogens (tertiary/aromatic N) is 1. The monoisotopic (exact) mass is 476 g/mol. The number of benzene rings is 2. The van der Waals surface area contributed by atoms with Gasteiger partial charge in [-0.25, -0.2) is 9.59 Å². The van der Waals surface area contributed by atoms with E-state index in [1.807, 2.05) is 62.4 Å². The van der Waals surface area contributed by atoms with E-state index < -0.39 is 23.1 Å². The minimum absolute atomic E-state index is 0.0577. The summed E-state index contributed by atoms with van der Waals surface area (Å²) >= 11 is 1.09. The molecule has 2 aromatic carbocycles. The third-order valence-electron chi connectivity index (χ3n) is 5.66. The van der Waals surface area contributed by atoms with Gasteiger partial charge in [0.2, 0.25) is 5.91 Å². The lowest BCUT2D eigenvalue weighted by molar-refractivity contribution is -0.133. The number of nitrogen functional groups attached to an aromatic ring is 1. The lowest BCUT2D eigenvalue weighted by atomic mass is 10.1. The predicted molar refractivity (Wildman–Crippen MR) is 132 cm³/mol. The molecular formula is C26H24N2O5S. The Balaban J connectivity index is 2.09. The van der Waals surface area contributed by atoms with Crippen molar-refractivity contribution in [2.75, 3.05) is 20.0 Å². The van der Waals surface area contributed by atoms with Crippen LogP contribution in [0.5, 0.6) is 0 Å². The first kappa shape index (κ1) is 23.4. The Morgan fingerprint density at radius 1 is 0.941 bits per heavy atom. The number of aryl methyl sites for hydroxylation is 2. The second kappa shape index (κ2) is 9.23. The fraction of sp³-hybridized carbons (Fsp3) is 0.192. The van der Waals surface area contributed by atoms with Crippen LogP contribution in [0.1, 0.15) is 42.8 Å². The van der Waals surface area contributed by atoms with E-state index in [4.69, 9.17) is 15.2 Å².